The van der Waals surface area contributed by atoms with Crippen LogP contribution in [0.4, 0.5) is 0 Å². The zero-order valence-electron chi connectivity index (χ0n) is 12.8. The third kappa shape index (κ3) is 3.69. The highest BCUT2D eigenvalue weighted by Gasteiger charge is 2.25. The molecule has 8 heteroatoms. The zero-order chi connectivity index (χ0) is 17.3. The lowest BCUT2D eigenvalue weighted by atomic mass is 9.97. The molecule has 3 rings (SSSR count). The lowest BCUT2D eigenvalue weighted by Crippen LogP contribution is -2.46. The third-order valence-corrected chi connectivity index (χ3v) is 5.41. The van der Waals surface area contributed by atoms with Crippen molar-refractivity contribution < 1.29 is 9.90 Å². The molecule has 1 aromatic heterocycles. The van der Waals surface area contributed by atoms with Crippen molar-refractivity contribution in [3.05, 3.63) is 38.3 Å². The van der Waals surface area contributed by atoms with Crippen molar-refractivity contribution in [2.24, 2.45) is 0 Å². The SMILES string of the molecule is O=C(C[C@H]1NCCC[C@H]1O)Cn1cnc2cc(Br)c(Cl)cc2c1=O. The second kappa shape index (κ2) is 7.31. The van der Waals surface area contributed by atoms with Crippen LogP contribution in [0.1, 0.15) is 19.3 Å². The first-order chi connectivity index (χ1) is 11.5. The average molecular weight is 415 g/mol. The maximum absolute atomic E-state index is 12.5. The van der Waals surface area contributed by atoms with Gasteiger partial charge in [-0.3, -0.25) is 14.2 Å². The number of rotatable bonds is 4. The van der Waals surface area contributed by atoms with Crippen LogP contribution in [0.5, 0.6) is 0 Å². The molecule has 2 heterocycles. The summed E-state index contributed by atoms with van der Waals surface area (Å²) in [4.78, 5) is 29.0. The van der Waals surface area contributed by atoms with Gasteiger partial charge in [-0.25, -0.2) is 4.98 Å². The van der Waals surface area contributed by atoms with Gasteiger partial charge in [-0.2, -0.15) is 0 Å². The molecule has 0 aliphatic carbocycles. The van der Waals surface area contributed by atoms with Gasteiger partial charge in [0.1, 0.15) is 0 Å². The summed E-state index contributed by atoms with van der Waals surface area (Å²) in [6, 6.07) is 2.97. The fraction of sp³-hybridized carbons (Fsp3) is 0.438. The quantitative estimate of drug-likeness (QED) is 0.798. The Bertz CT molecular complexity index is 839. The van der Waals surface area contributed by atoms with Crippen molar-refractivity contribution in [3.63, 3.8) is 0 Å². The minimum atomic E-state index is -0.523. The van der Waals surface area contributed by atoms with Gasteiger partial charge >= 0.3 is 0 Å². The number of Topliss-reactive ketones (excluding diaryl/α,β-unsaturated/α-hetero) is 1. The second-order valence-electron chi connectivity index (χ2n) is 5.97. The van der Waals surface area contributed by atoms with E-state index in [0.717, 1.165) is 13.0 Å². The minimum absolute atomic E-state index is 0.0691. The second-order valence-corrected chi connectivity index (χ2v) is 7.24. The Balaban J connectivity index is 1.79. The van der Waals surface area contributed by atoms with E-state index in [1.165, 1.54) is 10.9 Å². The molecule has 128 valence electrons. The molecule has 1 saturated heterocycles. The standard InChI is InChI=1S/C16H17BrClN3O3/c17-11-6-13-10(5-12(11)18)16(24)21(8-20-13)7-9(22)4-14-15(23)2-1-3-19-14/h5-6,8,14-15,19,23H,1-4,7H2/t14-,15-/m1/s1. The summed E-state index contributed by atoms with van der Waals surface area (Å²) in [5.41, 5.74) is 0.212. The topological polar surface area (TPSA) is 84.2 Å². The number of halogens is 2. The number of carbonyl (C=O) groups is 1. The van der Waals surface area contributed by atoms with E-state index in [1.54, 1.807) is 12.1 Å². The highest BCUT2D eigenvalue weighted by Crippen LogP contribution is 2.25. The number of aromatic nitrogens is 2. The first kappa shape index (κ1) is 17.5. The van der Waals surface area contributed by atoms with Crippen molar-refractivity contribution >= 4 is 44.2 Å². The van der Waals surface area contributed by atoms with Gasteiger partial charge < -0.3 is 10.4 Å². The normalized spacial score (nSPS) is 21.1. The lowest BCUT2D eigenvalue weighted by Gasteiger charge is -2.28. The number of fused-ring (bicyclic) bond motifs is 1. The number of nitrogens with one attached hydrogen (secondary N) is 1. The van der Waals surface area contributed by atoms with Crippen molar-refractivity contribution in [3.8, 4) is 0 Å². The fourth-order valence-electron chi connectivity index (χ4n) is 2.91. The number of hydrogen-bond acceptors (Lipinski definition) is 5. The molecular formula is C16H17BrClN3O3. The Labute approximate surface area is 152 Å². The van der Waals surface area contributed by atoms with E-state index in [4.69, 9.17) is 11.6 Å². The third-order valence-electron chi connectivity index (χ3n) is 4.21. The molecule has 1 fully saturated rings. The average Bonchev–Trinajstić information content (AvgIpc) is 2.54. The van der Waals surface area contributed by atoms with Crippen LogP contribution in [0.3, 0.4) is 0 Å². The summed E-state index contributed by atoms with van der Waals surface area (Å²) in [6.07, 6.45) is 2.62. The van der Waals surface area contributed by atoms with E-state index in [0.29, 0.717) is 26.8 Å². The number of hydrogen-bond donors (Lipinski definition) is 2. The molecule has 0 radical (unpaired) electrons. The van der Waals surface area contributed by atoms with Crippen LogP contribution >= 0.6 is 27.5 Å². The Morgan fingerprint density at radius 2 is 2.29 bits per heavy atom. The number of benzene rings is 1. The summed E-state index contributed by atoms with van der Waals surface area (Å²) in [7, 11) is 0. The van der Waals surface area contributed by atoms with E-state index in [-0.39, 0.29) is 30.3 Å². The van der Waals surface area contributed by atoms with Crippen LogP contribution in [0.2, 0.25) is 5.02 Å². The van der Waals surface area contributed by atoms with E-state index >= 15 is 0 Å². The van der Waals surface area contributed by atoms with Gasteiger partial charge in [-0.15, -0.1) is 0 Å². The molecule has 1 aromatic carbocycles. The number of carbonyl (C=O) groups excluding carboxylic acids is 1. The summed E-state index contributed by atoms with van der Waals surface area (Å²) < 4.78 is 1.94. The molecule has 0 spiro atoms. The first-order valence-electron chi connectivity index (χ1n) is 7.73. The van der Waals surface area contributed by atoms with Crippen LogP contribution in [0.15, 0.2) is 27.7 Å². The lowest BCUT2D eigenvalue weighted by molar-refractivity contribution is -0.121. The summed E-state index contributed by atoms with van der Waals surface area (Å²) in [5, 5.41) is 13.9. The van der Waals surface area contributed by atoms with Crippen LogP contribution in [-0.4, -0.2) is 39.1 Å². The molecule has 2 atom stereocenters. The summed E-state index contributed by atoms with van der Waals surface area (Å²) in [6.45, 7) is 0.722. The van der Waals surface area contributed by atoms with Gasteiger partial charge in [0, 0.05) is 16.9 Å². The van der Waals surface area contributed by atoms with E-state index < -0.39 is 6.10 Å². The van der Waals surface area contributed by atoms with Crippen molar-refractivity contribution in [2.75, 3.05) is 6.54 Å². The molecule has 2 aromatic rings. The number of ketones is 1. The Morgan fingerprint density at radius 3 is 3.04 bits per heavy atom. The molecule has 0 bridgehead atoms. The largest absolute Gasteiger partial charge is 0.391 e. The molecule has 0 unspecified atom stereocenters. The molecular weight excluding hydrogens is 398 g/mol. The number of aliphatic hydroxyl groups is 1. The van der Waals surface area contributed by atoms with Crippen LogP contribution in [0, 0.1) is 0 Å². The zero-order valence-corrected chi connectivity index (χ0v) is 15.2. The number of piperidine rings is 1. The van der Waals surface area contributed by atoms with Gasteiger partial charge in [0.25, 0.3) is 5.56 Å². The molecule has 2 N–H and O–H groups in total. The smallest absolute Gasteiger partial charge is 0.261 e. The summed E-state index contributed by atoms with van der Waals surface area (Å²) >= 11 is 9.33. The molecule has 6 nitrogen and oxygen atoms in total. The van der Waals surface area contributed by atoms with E-state index in [1.807, 2.05) is 0 Å². The maximum Gasteiger partial charge on any atom is 0.261 e. The van der Waals surface area contributed by atoms with Crippen molar-refractivity contribution in [1.82, 2.24) is 14.9 Å². The predicted molar refractivity (Wildman–Crippen MR) is 95.4 cm³/mol. The maximum atomic E-state index is 12.5. The first-order valence-corrected chi connectivity index (χ1v) is 8.90. The van der Waals surface area contributed by atoms with Crippen molar-refractivity contribution in [1.29, 1.82) is 0 Å². The van der Waals surface area contributed by atoms with E-state index in [2.05, 4.69) is 26.2 Å². The number of nitrogens with zero attached hydrogens (tertiary/aromatic N) is 2. The van der Waals surface area contributed by atoms with E-state index in [9.17, 15) is 14.7 Å². The number of aliphatic hydroxyl groups excluding tert-OH is 1. The molecule has 0 saturated carbocycles. The van der Waals surface area contributed by atoms with Gasteiger partial charge in [0.15, 0.2) is 5.78 Å². The highest BCUT2D eigenvalue weighted by atomic mass is 79.9. The fourth-order valence-corrected chi connectivity index (χ4v) is 3.40. The van der Waals surface area contributed by atoms with Crippen LogP contribution < -0.4 is 10.9 Å². The van der Waals surface area contributed by atoms with Crippen LogP contribution in [0.25, 0.3) is 10.9 Å². The Kier molecular flexibility index (Phi) is 5.34. The minimum Gasteiger partial charge on any atom is -0.391 e. The monoisotopic (exact) mass is 413 g/mol. The van der Waals surface area contributed by atoms with Gasteiger partial charge in [-0.05, 0) is 47.4 Å². The molecule has 1 aliphatic rings. The molecule has 1 aliphatic heterocycles. The van der Waals surface area contributed by atoms with Crippen LogP contribution in [-0.2, 0) is 11.3 Å². The highest BCUT2D eigenvalue weighted by molar-refractivity contribution is 9.10. The van der Waals surface area contributed by atoms with Gasteiger partial charge in [0.05, 0.1) is 34.9 Å². The van der Waals surface area contributed by atoms with Crippen molar-refractivity contribution in [2.45, 2.75) is 38.0 Å². The summed E-state index contributed by atoms with van der Waals surface area (Å²) in [5.74, 6) is -0.125. The Morgan fingerprint density at radius 1 is 1.50 bits per heavy atom. The molecule has 24 heavy (non-hydrogen) atoms. The Hall–Kier alpha value is -1.28. The molecule has 0 amide bonds. The predicted octanol–water partition coefficient (Wildman–Crippen LogP) is 1.88. The van der Waals surface area contributed by atoms with Gasteiger partial charge in [0.2, 0.25) is 0 Å². The van der Waals surface area contributed by atoms with Gasteiger partial charge in [-0.1, -0.05) is 11.6 Å².